The zero-order valence-electron chi connectivity index (χ0n) is 10.7. The van der Waals surface area contributed by atoms with Crippen molar-refractivity contribution < 1.29 is 14.6 Å². The smallest absolute Gasteiger partial charge is 0.306 e. The summed E-state index contributed by atoms with van der Waals surface area (Å²) in [5.41, 5.74) is 0.941. The topological polar surface area (TPSA) is 46.5 Å². The molecule has 0 bridgehead atoms. The molecule has 0 radical (unpaired) electrons. The maximum atomic E-state index is 11.5. The Morgan fingerprint density at radius 2 is 2.29 bits per heavy atom. The molecule has 1 saturated heterocycles. The van der Waals surface area contributed by atoms with Crippen LogP contribution in [0.2, 0.25) is 0 Å². The summed E-state index contributed by atoms with van der Waals surface area (Å²) < 4.78 is 5.21. The summed E-state index contributed by atoms with van der Waals surface area (Å²) in [5.74, 6) is 0.860. The van der Waals surface area contributed by atoms with Crippen LogP contribution >= 0.6 is 0 Å². The highest BCUT2D eigenvalue weighted by molar-refractivity contribution is 5.73. The van der Waals surface area contributed by atoms with E-state index in [1.807, 2.05) is 0 Å². The van der Waals surface area contributed by atoms with E-state index in [4.69, 9.17) is 4.74 Å². The summed E-state index contributed by atoms with van der Waals surface area (Å²) in [4.78, 5) is 11.5. The molecule has 0 aromatic heterocycles. The fraction of sp³-hybridized carbons (Fsp3) is 0.786. The number of carbonyl (C=O) groups excluding carboxylic acids is 1. The Morgan fingerprint density at radius 1 is 1.59 bits per heavy atom. The van der Waals surface area contributed by atoms with Crippen LogP contribution < -0.4 is 0 Å². The Balaban J connectivity index is 2.32. The number of rotatable bonds is 2. The molecular formula is C14H22O3. The van der Waals surface area contributed by atoms with Gasteiger partial charge in [-0.2, -0.15) is 0 Å². The molecule has 3 nitrogen and oxygen atoms in total. The van der Waals surface area contributed by atoms with Crippen molar-refractivity contribution in [3.05, 3.63) is 12.2 Å². The molecule has 0 aromatic carbocycles. The van der Waals surface area contributed by atoms with Crippen LogP contribution in [0.25, 0.3) is 0 Å². The zero-order valence-corrected chi connectivity index (χ0v) is 10.7. The summed E-state index contributed by atoms with van der Waals surface area (Å²) in [5, 5.41) is 9.39. The molecule has 17 heavy (non-hydrogen) atoms. The van der Waals surface area contributed by atoms with Gasteiger partial charge in [-0.25, -0.2) is 0 Å². The largest absolute Gasteiger partial charge is 0.465 e. The predicted octanol–water partition coefficient (Wildman–Crippen LogP) is 2.15. The van der Waals surface area contributed by atoms with Gasteiger partial charge in [0.25, 0.3) is 0 Å². The second-order valence-electron chi connectivity index (χ2n) is 5.76. The zero-order chi connectivity index (χ0) is 12.6. The molecular weight excluding hydrogens is 216 g/mol. The van der Waals surface area contributed by atoms with E-state index in [2.05, 4.69) is 20.4 Å². The van der Waals surface area contributed by atoms with Crippen molar-refractivity contribution in [2.24, 2.45) is 23.2 Å². The van der Waals surface area contributed by atoms with Crippen molar-refractivity contribution in [1.82, 2.24) is 0 Å². The van der Waals surface area contributed by atoms with E-state index in [0.29, 0.717) is 24.9 Å². The summed E-state index contributed by atoms with van der Waals surface area (Å²) in [6, 6.07) is 0. The Morgan fingerprint density at radius 3 is 2.82 bits per heavy atom. The number of carbonyl (C=O) groups is 1. The molecule has 0 unspecified atom stereocenters. The first-order valence-electron chi connectivity index (χ1n) is 6.47. The number of ether oxygens (including phenoxy) is 1. The fourth-order valence-corrected chi connectivity index (χ4v) is 3.58. The Labute approximate surface area is 103 Å². The van der Waals surface area contributed by atoms with Gasteiger partial charge in [0.2, 0.25) is 0 Å². The van der Waals surface area contributed by atoms with Crippen LogP contribution in [0.5, 0.6) is 0 Å². The number of aliphatic hydroxyl groups is 1. The van der Waals surface area contributed by atoms with Crippen LogP contribution in [0.1, 0.15) is 33.1 Å². The van der Waals surface area contributed by atoms with Gasteiger partial charge < -0.3 is 9.84 Å². The molecule has 2 fully saturated rings. The number of cyclic esters (lactones) is 1. The van der Waals surface area contributed by atoms with Crippen LogP contribution in [-0.4, -0.2) is 24.3 Å². The molecule has 1 N–H and O–H groups in total. The van der Waals surface area contributed by atoms with Gasteiger partial charge >= 0.3 is 5.97 Å². The number of aliphatic hydroxyl groups excluding tert-OH is 1. The van der Waals surface area contributed by atoms with E-state index in [1.165, 1.54) is 0 Å². The number of hydrogen-bond donors (Lipinski definition) is 1. The first kappa shape index (κ1) is 12.6. The molecule has 3 heteroatoms. The van der Waals surface area contributed by atoms with E-state index in [0.717, 1.165) is 18.4 Å². The summed E-state index contributed by atoms with van der Waals surface area (Å²) in [6.45, 7) is 9.08. The molecule has 4 atom stereocenters. The van der Waals surface area contributed by atoms with E-state index in [1.54, 1.807) is 0 Å². The third-order valence-corrected chi connectivity index (χ3v) is 4.78. The Bertz CT molecular complexity index is 336. The van der Waals surface area contributed by atoms with E-state index in [9.17, 15) is 9.90 Å². The first-order chi connectivity index (χ1) is 8.01. The lowest BCUT2D eigenvalue weighted by atomic mass is 9.57. The summed E-state index contributed by atoms with van der Waals surface area (Å²) in [7, 11) is 0. The molecule has 2 aliphatic rings. The van der Waals surface area contributed by atoms with E-state index in [-0.39, 0.29) is 23.9 Å². The van der Waals surface area contributed by atoms with Gasteiger partial charge in [-0.1, -0.05) is 26.0 Å². The maximum absolute atomic E-state index is 11.5. The second kappa shape index (κ2) is 4.45. The quantitative estimate of drug-likeness (QED) is 0.592. The molecule has 96 valence electrons. The minimum atomic E-state index is -0.211. The van der Waals surface area contributed by atoms with Crippen molar-refractivity contribution in [3.63, 3.8) is 0 Å². The average molecular weight is 238 g/mol. The Kier molecular flexibility index (Phi) is 3.30. The predicted molar refractivity (Wildman–Crippen MR) is 65.3 cm³/mol. The van der Waals surface area contributed by atoms with Crippen molar-refractivity contribution in [2.45, 2.75) is 33.1 Å². The molecule has 2 rings (SSSR count). The lowest BCUT2D eigenvalue weighted by Crippen LogP contribution is -2.43. The molecule has 0 amide bonds. The minimum absolute atomic E-state index is 0.115. The molecule has 1 aliphatic heterocycles. The second-order valence-corrected chi connectivity index (χ2v) is 5.76. The fourth-order valence-electron chi connectivity index (χ4n) is 3.58. The third kappa shape index (κ3) is 1.90. The SMILES string of the molecule is C=C1[C@@H](C)CC[C@H]([C@H](C)CO)[C@]12COC(=O)C2. The third-order valence-electron chi connectivity index (χ3n) is 4.78. The highest BCUT2D eigenvalue weighted by atomic mass is 16.5. The average Bonchev–Trinajstić information content (AvgIpc) is 2.69. The molecule has 1 heterocycles. The Hall–Kier alpha value is -0.830. The lowest BCUT2D eigenvalue weighted by Gasteiger charge is -2.46. The van der Waals surface area contributed by atoms with Crippen molar-refractivity contribution in [1.29, 1.82) is 0 Å². The number of hydrogen-bond acceptors (Lipinski definition) is 3. The molecule has 1 saturated carbocycles. The van der Waals surface area contributed by atoms with E-state index < -0.39 is 0 Å². The monoisotopic (exact) mass is 238 g/mol. The van der Waals surface area contributed by atoms with Gasteiger partial charge in [0.15, 0.2) is 0 Å². The van der Waals surface area contributed by atoms with Gasteiger partial charge in [-0.3, -0.25) is 4.79 Å². The molecule has 1 aliphatic carbocycles. The van der Waals surface area contributed by atoms with Crippen LogP contribution in [0.15, 0.2) is 12.2 Å². The lowest BCUT2D eigenvalue weighted by molar-refractivity contribution is -0.137. The molecule has 0 aromatic rings. The van der Waals surface area contributed by atoms with E-state index >= 15 is 0 Å². The molecule has 1 spiro atoms. The van der Waals surface area contributed by atoms with Crippen molar-refractivity contribution in [2.75, 3.05) is 13.2 Å². The summed E-state index contributed by atoms with van der Waals surface area (Å²) in [6.07, 6.45) is 2.60. The van der Waals surface area contributed by atoms with Gasteiger partial charge in [0.05, 0.1) is 6.42 Å². The van der Waals surface area contributed by atoms with Crippen LogP contribution in [0.4, 0.5) is 0 Å². The van der Waals surface area contributed by atoms with Gasteiger partial charge in [0, 0.05) is 12.0 Å². The normalized spacial score (nSPS) is 39.5. The highest BCUT2D eigenvalue weighted by Gasteiger charge is 2.52. The van der Waals surface area contributed by atoms with Gasteiger partial charge in [-0.15, -0.1) is 0 Å². The first-order valence-corrected chi connectivity index (χ1v) is 6.47. The van der Waals surface area contributed by atoms with Gasteiger partial charge in [0.1, 0.15) is 6.61 Å². The van der Waals surface area contributed by atoms with Crippen molar-refractivity contribution in [3.8, 4) is 0 Å². The minimum Gasteiger partial charge on any atom is -0.465 e. The maximum Gasteiger partial charge on any atom is 0.306 e. The highest BCUT2D eigenvalue weighted by Crippen LogP contribution is 2.54. The standard InChI is InChI=1S/C14H22O3/c1-9-4-5-12(10(2)7-15)14(11(9)3)6-13(16)17-8-14/h9-10,12,15H,3-8H2,1-2H3/t9-,10+,12+,14+/m0/s1. The number of esters is 1. The van der Waals surface area contributed by atoms with Crippen LogP contribution in [0, 0.1) is 23.2 Å². The van der Waals surface area contributed by atoms with Crippen LogP contribution in [-0.2, 0) is 9.53 Å². The summed E-state index contributed by atoms with van der Waals surface area (Å²) >= 11 is 0. The van der Waals surface area contributed by atoms with Gasteiger partial charge in [-0.05, 0) is 30.6 Å². The van der Waals surface area contributed by atoms with Crippen LogP contribution in [0.3, 0.4) is 0 Å². The van der Waals surface area contributed by atoms with Crippen molar-refractivity contribution >= 4 is 5.97 Å².